The number of aliphatic hydroxyl groups is 1. The van der Waals surface area contributed by atoms with Crippen LogP contribution in [-0.2, 0) is 5.60 Å². The van der Waals surface area contributed by atoms with E-state index in [1.165, 1.54) is 12.8 Å². The van der Waals surface area contributed by atoms with Crippen LogP contribution in [0.3, 0.4) is 0 Å². The van der Waals surface area contributed by atoms with Gasteiger partial charge < -0.3 is 10.0 Å². The minimum Gasteiger partial charge on any atom is -0.384 e. The summed E-state index contributed by atoms with van der Waals surface area (Å²) in [6, 6.07) is 8.05. The number of halogens is 1. The van der Waals surface area contributed by atoms with Gasteiger partial charge in [0.25, 0.3) is 0 Å². The molecule has 0 spiro atoms. The summed E-state index contributed by atoms with van der Waals surface area (Å²) in [5, 5.41) is 10.7. The van der Waals surface area contributed by atoms with Crippen LogP contribution < -0.4 is 0 Å². The Morgan fingerprint density at radius 2 is 2.06 bits per heavy atom. The zero-order chi connectivity index (χ0) is 12.3. The van der Waals surface area contributed by atoms with E-state index >= 15 is 0 Å². The van der Waals surface area contributed by atoms with Crippen molar-refractivity contribution in [2.75, 3.05) is 19.6 Å². The average molecular weight is 298 g/mol. The lowest BCUT2D eigenvalue weighted by Gasteiger charge is -2.24. The monoisotopic (exact) mass is 297 g/mol. The minimum absolute atomic E-state index is 0.644. The number of benzene rings is 1. The summed E-state index contributed by atoms with van der Waals surface area (Å²) in [5.41, 5.74) is 0.397. The summed E-state index contributed by atoms with van der Waals surface area (Å²) in [5.74, 6) is 0. The highest BCUT2D eigenvalue weighted by Gasteiger charge is 2.36. The van der Waals surface area contributed by atoms with Crippen molar-refractivity contribution >= 4 is 15.9 Å². The second-order valence-corrected chi connectivity index (χ2v) is 5.83. The minimum atomic E-state index is -0.644. The van der Waals surface area contributed by atoms with Gasteiger partial charge in [-0.15, -0.1) is 0 Å². The summed E-state index contributed by atoms with van der Waals surface area (Å²) in [4.78, 5) is 2.37. The maximum atomic E-state index is 10.7. The van der Waals surface area contributed by atoms with Gasteiger partial charge in [-0.05, 0) is 37.1 Å². The molecule has 1 aromatic rings. The van der Waals surface area contributed by atoms with Crippen LogP contribution in [0.15, 0.2) is 28.7 Å². The molecule has 1 unspecified atom stereocenters. The quantitative estimate of drug-likeness (QED) is 0.923. The summed E-state index contributed by atoms with van der Waals surface area (Å²) in [6.45, 7) is 5.09. The first-order valence-electron chi connectivity index (χ1n) is 6.35. The molecule has 1 heterocycles. The predicted molar refractivity (Wildman–Crippen MR) is 74.0 cm³/mol. The van der Waals surface area contributed by atoms with E-state index in [0.29, 0.717) is 0 Å². The first kappa shape index (κ1) is 13.1. The van der Waals surface area contributed by atoms with Crippen molar-refractivity contribution < 1.29 is 5.11 Å². The maximum Gasteiger partial charge on any atom is 0.103 e. The molecule has 0 aromatic heterocycles. The van der Waals surface area contributed by atoms with E-state index in [0.717, 1.165) is 36.1 Å². The van der Waals surface area contributed by atoms with E-state index in [4.69, 9.17) is 0 Å². The molecule has 1 saturated heterocycles. The molecule has 1 N–H and O–H groups in total. The molecular weight excluding hydrogens is 278 g/mol. The third-order valence-corrected chi connectivity index (χ3v) is 4.06. The Kier molecular flexibility index (Phi) is 4.23. The topological polar surface area (TPSA) is 23.5 Å². The molecule has 1 aliphatic rings. The lowest BCUT2D eigenvalue weighted by atomic mass is 9.93. The maximum absolute atomic E-state index is 10.7. The lowest BCUT2D eigenvalue weighted by molar-refractivity contribution is 0.0460. The van der Waals surface area contributed by atoms with Crippen molar-refractivity contribution in [1.82, 2.24) is 4.90 Å². The summed E-state index contributed by atoms with van der Waals surface area (Å²) in [6.07, 6.45) is 3.28. The SMILES string of the molecule is CCCCN1CCC(O)(c2ccc(Br)cc2)C1. The van der Waals surface area contributed by atoms with Crippen LogP contribution in [-0.4, -0.2) is 29.6 Å². The number of hydrogen-bond donors (Lipinski definition) is 1. The molecule has 0 bridgehead atoms. The second kappa shape index (κ2) is 5.51. The Hall–Kier alpha value is -0.380. The van der Waals surface area contributed by atoms with Crippen molar-refractivity contribution in [3.63, 3.8) is 0 Å². The van der Waals surface area contributed by atoms with Gasteiger partial charge in [0.15, 0.2) is 0 Å². The van der Waals surface area contributed by atoms with Crippen molar-refractivity contribution in [2.45, 2.75) is 31.8 Å². The van der Waals surface area contributed by atoms with Gasteiger partial charge >= 0.3 is 0 Å². The van der Waals surface area contributed by atoms with E-state index in [9.17, 15) is 5.11 Å². The Labute approximate surface area is 112 Å². The Morgan fingerprint density at radius 1 is 1.35 bits per heavy atom. The van der Waals surface area contributed by atoms with E-state index in [1.807, 2.05) is 24.3 Å². The highest BCUT2D eigenvalue weighted by atomic mass is 79.9. The number of hydrogen-bond acceptors (Lipinski definition) is 2. The predicted octanol–water partition coefficient (Wildman–Crippen LogP) is 3.14. The Morgan fingerprint density at radius 3 is 2.71 bits per heavy atom. The van der Waals surface area contributed by atoms with Crippen LogP contribution >= 0.6 is 15.9 Å². The van der Waals surface area contributed by atoms with Crippen molar-refractivity contribution in [2.24, 2.45) is 0 Å². The van der Waals surface area contributed by atoms with Gasteiger partial charge in [0, 0.05) is 17.6 Å². The van der Waals surface area contributed by atoms with Crippen molar-refractivity contribution in [3.8, 4) is 0 Å². The molecule has 0 radical (unpaired) electrons. The number of nitrogens with zero attached hydrogens (tertiary/aromatic N) is 1. The van der Waals surface area contributed by atoms with E-state index in [2.05, 4.69) is 27.8 Å². The Bertz CT molecular complexity index is 365. The fourth-order valence-corrected chi connectivity index (χ4v) is 2.70. The van der Waals surface area contributed by atoms with Gasteiger partial charge in [-0.2, -0.15) is 0 Å². The molecular formula is C14H20BrNO. The second-order valence-electron chi connectivity index (χ2n) is 4.92. The average Bonchev–Trinajstić information content (AvgIpc) is 2.70. The molecule has 17 heavy (non-hydrogen) atoms. The van der Waals surface area contributed by atoms with Gasteiger partial charge in [-0.25, -0.2) is 0 Å². The molecule has 0 amide bonds. The highest BCUT2D eigenvalue weighted by Crippen LogP contribution is 2.32. The standard InChI is InChI=1S/C14H20BrNO/c1-2-3-9-16-10-8-14(17,11-16)12-4-6-13(15)7-5-12/h4-7,17H,2-3,8-11H2,1H3. The third kappa shape index (κ3) is 3.09. The molecule has 94 valence electrons. The summed E-state index contributed by atoms with van der Waals surface area (Å²) in [7, 11) is 0. The number of rotatable bonds is 4. The molecule has 1 aliphatic heterocycles. The molecule has 0 saturated carbocycles. The zero-order valence-electron chi connectivity index (χ0n) is 10.3. The smallest absolute Gasteiger partial charge is 0.103 e. The Balaban J connectivity index is 2.03. The molecule has 3 heteroatoms. The number of unbranched alkanes of at least 4 members (excludes halogenated alkanes) is 1. The molecule has 1 atom stereocenters. The van der Waals surface area contributed by atoms with Crippen LogP contribution in [0.5, 0.6) is 0 Å². The van der Waals surface area contributed by atoms with E-state index in [-0.39, 0.29) is 0 Å². The fraction of sp³-hybridized carbons (Fsp3) is 0.571. The van der Waals surface area contributed by atoms with Crippen molar-refractivity contribution in [1.29, 1.82) is 0 Å². The fourth-order valence-electron chi connectivity index (χ4n) is 2.44. The van der Waals surface area contributed by atoms with Crippen molar-refractivity contribution in [3.05, 3.63) is 34.3 Å². The lowest BCUT2D eigenvalue weighted by Crippen LogP contribution is -2.31. The highest BCUT2D eigenvalue weighted by molar-refractivity contribution is 9.10. The molecule has 2 nitrogen and oxygen atoms in total. The molecule has 2 rings (SSSR count). The normalized spacial score (nSPS) is 25.4. The molecule has 0 aliphatic carbocycles. The van der Waals surface area contributed by atoms with Gasteiger partial charge in [0.05, 0.1) is 0 Å². The van der Waals surface area contributed by atoms with Crippen LogP contribution in [0.2, 0.25) is 0 Å². The van der Waals surface area contributed by atoms with Gasteiger partial charge in [0.1, 0.15) is 5.60 Å². The number of β-amino-alcohol motifs (C(OH)–C–C–N with tert-alkyl or cyclic N) is 1. The largest absolute Gasteiger partial charge is 0.384 e. The molecule has 1 fully saturated rings. The van der Waals surface area contributed by atoms with Crippen LogP contribution in [0, 0.1) is 0 Å². The van der Waals surface area contributed by atoms with Crippen LogP contribution in [0.4, 0.5) is 0 Å². The first-order valence-corrected chi connectivity index (χ1v) is 7.14. The van der Waals surface area contributed by atoms with Crippen LogP contribution in [0.25, 0.3) is 0 Å². The first-order chi connectivity index (χ1) is 8.14. The third-order valence-electron chi connectivity index (χ3n) is 3.54. The van der Waals surface area contributed by atoms with Crippen LogP contribution in [0.1, 0.15) is 31.7 Å². The summed E-state index contributed by atoms with van der Waals surface area (Å²) < 4.78 is 1.06. The zero-order valence-corrected chi connectivity index (χ0v) is 11.9. The van der Waals surface area contributed by atoms with Gasteiger partial charge in [-0.1, -0.05) is 41.4 Å². The van der Waals surface area contributed by atoms with Gasteiger partial charge in [-0.3, -0.25) is 0 Å². The molecule has 1 aromatic carbocycles. The van der Waals surface area contributed by atoms with Gasteiger partial charge in [0.2, 0.25) is 0 Å². The summed E-state index contributed by atoms with van der Waals surface area (Å²) >= 11 is 3.43. The van der Waals surface area contributed by atoms with E-state index < -0.39 is 5.60 Å². The number of likely N-dealkylation sites (tertiary alicyclic amines) is 1. The van der Waals surface area contributed by atoms with E-state index in [1.54, 1.807) is 0 Å².